The molecule has 8 unspecified atom stereocenters. The van der Waals surface area contributed by atoms with E-state index in [2.05, 4.69) is 58.3 Å². The van der Waals surface area contributed by atoms with Crippen molar-refractivity contribution in [2.24, 2.45) is 7.05 Å². The van der Waals surface area contributed by atoms with Crippen LogP contribution in [-0.4, -0.2) is 149 Å². The number of methoxy groups -OCH3 is 1. The zero-order valence-electron chi connectivity index (χ0n) is 41.7. The first-order valence-corrected chi connectivity index (χ1v) is 29.2. The molecule has 6 aromatic heterocycles. The number of phosphoric ester groups is 3. The number of rotatable bonds is 21. The van der Waals surface area contributed by atoms with E-state index < -0.39 is 153 Å². The smallest absolute Gasteiger partial charge is 0.309 e. The number of hydrogen-bond acceptors (Lipinski definition) is 34. The van der Waals surface area contributed by atoms with E-state index in [0.717, 1.165) is 51.9 Å². The molecule has 10 N–H and O–H groups in total. The number of ether oxygens (including phenoxy) is 4. The lowest BCUT2D eigenvalue weighted by atomic mass is 10.1. The molecule has 45 heteroatoms. The van der Waals surface area contributed by atoms with Gasteiger partial charge in [0, 0.05) is 19.5 Å². The topological polar surface area (TPSA) is 563 Å². The third-order valence-electron chi connectivity index (χ3n) is 12.6. The lowest BCUT2D eigenvalue weighted by molar-refractivity contribution is -0.745. The van der Waals surface area contributed by atoms with E-state index in [-0.39, 0.29) is 51.4 Å². The van der Waals surface area contributed by atoms with Crippen molar-refractivity contribution in [3.05, 3.63) is 71.1 Å². The Balaban J connectivity index is 0.846. The van der Waals surface area contributed by atoms with E-state index in [9.17, 15) is 76.9 Å². The molecule has 450 valence electrons. The molecule has 39 nitrogen and oxygen atoms in total. The van der Waals surface area contributed by atoms with E-state index in [4.69, 9.17) is 44.0 Å². The summed E-state index contributed by atoms with van der Waals surface area (Å²) in [6, 6.07) is 3.08. The number of nitrogens with one attached hydrogen (secondary N) is 2. The number of H-pyrrole nitrogens is 1. The molecule has 3 fully saturated rings. The second-order valence-corrected chi connectivity index (χ2v) is 23.8. The van der Waals surface area contributed by atoms with Gasteiger partial charge in [0.15, 0.2) is 70.4 Å². The minimum Gasteiger partial charge on any atom is -0.856 e. The minimum atomic E-state index is -6.67. The molecule has 3 saturated heterocycles. The fraction of sp³-hybridized carbons (Fsp3) is 0.447. The summed E-state index contributed by atoms with van der Waals surface area (Å²) >= 11 is 0. The van der Waals surface area contributed by atoms with Gasteiger partial charge in [-0.25, -0.2) is 46.9 Å². The lowest BCUT2D eigenvalue weighted by Gasteiger charge is -2.35. The Labute approximate surface area is 458 Å². The Morgan fingerprint density at radius 2 is 1.45 bits per heavy atom. The SMILES string of the molecule is COC1[C@@H](OP(=O)([O-])O[C@H]2O[C@@H](n3cnc4c(=O)[nH]c(N)nc43)C(O)[C@H]2O)[C@@H](COP(=O)([O-])OP(=O)([O-])OP(=O)([O-])OC[C@H]2O[C@@H]([n+]3cn(C)c4c([O-])nc(N)nc43)C(O)C2O)O[C@H]1n1cnc2c(NCc3ccc(F)c(F)c3)ncnc21. The number of benzene rings is 1. The first-order chi connectivity index (χ1) is 39.0. The Bertz CT molecular complexity index is 3880. The second kappa shape index (κ2) is 22.7. The predicted molar refractivity (Wildman–Crippen MR) is 251 cm³/mol. The maximum atomic E-state index is 14.0. The van der Waals surface area contributed by atoms with Crippen molar-refractivity contribution in [2.45, 2.75) is 80.4 Å². The van der Waals surface area contributed by atoms with Crippen LogP contribution in [-0.2, 0) is 77.5 Å². The van der Waals surface area contributed by atoms with Crippen molar-refractivity contribution < 1.29 is 122 Å². The molecular weight excluding hydrogens is 1210 g/mol. The predicted octanol–water partition coefficient (Wildman–Crippen LogP) is -5.19. The summed E-state index contributed by atoms with van der Waals surface area (Å²) in [5.74, 6) is -3.95. The van der Waals surface area contributed by atoms with Gasteiger partial charge in [0.2, 0.25) is 12.2 Å². The van der Waals surface area contributed by atoms with Crippen molar-refractivity contribution >= 4 is 82.5 Å². The Hall–Kier alpha value is -6.07. The number of nitrogens with zero attached hydrogens (tertiary/aromatic N) is 11. The largest absolute Gasteiger partial charge is 0.856 e. The minimum absolute atomic E-state index is 0.00144. The summed E-state index contributed by atoms with van der Waals surface area (Å²) in [7, 11) is -23.0. The van der Waals surface area contributed by atoms with Crippen LogP contribution >= 0.6 is 31.3 Å². The van der Waals surface area contributed by atoms with E-state index in [1.54, 1.807) is 0 Å². The van der Waals surface area contributed by atoms with Crippen LogP contribution in [0.15, 0.2) is 48.3 Å². The normalized spacial score (nSPS) is 28.6. The monoisotopic (exact) mass is 1250 g/mol. The number of aliphatic hydroxyl groups is 4. The van der Waals surface area contributed by atoms with Gasteiger partial charge >= 0.3 is 5.65 Å². The average Bonchev–Trinajstić information content (AvgIpc) is 2.59. The van der Waals surface area contributed by atoms with Crippen molar-refractivity contribution in [3.63, 3.8) is 0 Å². The van der Waals surface area contributed by atoms with Gasteiger partial charge in [-0.1, -0.05) is 11.1 Å². The summed E-state index contributed by atoms with van der Waals surface area (Å²) in [6.07, 6.45) is -19.1. The van der Waals surface area contributed by atoms with E-state index in [1.165, 1.54) is 24.0 Å². The number of halogens is 2. The summed E-state index contributed by atoms with van der Waals surface area (Å²) in [5.41, 5.74) is 9.65. The number of phosphoric acid groups is 4. The number of hydrogen-bond donors (Lipinski definition) is 8. The van der Waals surface area contributed by atoms with Gasteiger partial charge in [0.05, 0.1) is 32.9 Å². The van der Waals surface area contributed by atoms with E-state index >= 15 is 0 Å². The van der Waals surface area contributed by atoms with Crippen LogP contribution in [0.4, 0.5) is 26.5 Å². The number of aliphatic hydroxyl groups excluding tert-OH is 4. The van der Waals surface area contributed by atoms with Crippen molar-refractivity contribution in [1.29, 1.82) is 0 Å². The molecule has 16 atom stereocenters. The molecule has 1 aromatic carbocycles. The summed E-state index contributed by atoms with van der Waals surface area (Å²) < 4.78 is 135. The number of aromatic nitrogens is 12. The number of fused-ring (bicyclic) bond motifs is 3. The summed E-state index contributed by atoms with van der Waals surface area (Å²) in [6.45, 7) is -2.93. The molecule has 0 radical (unpaired) electrons. The van der Waals surface area contributed by atoms with Gasteiger partial charge in [-0.2, -0.15) is 4.98 Å². The third kappa shape index (κ3) is 12.3. The van der Waals surface area contributed by atoms with Crippen LogP contribution in [0.2, 0.25) is 0 Å². The van der Waals surface area contributed by atoms with Gasteiger partial charge in [0.25, 0.3) is 42.8 Å². The zero-order chi connectivity index (χ0) is 59.8. The van der Waals surface area contributed by atoms with Crippen molar-refractivity contribution in [1.82, 2.24) is 53.6 Å². The molecule has 9 heterocycles. The number of aryl methyl sites for hydroxylation is 1. The lowest BCUT2D eigenvalue weighted by Crippen LogP contribution is -2.46. The first-order valence-electron chi connectivity index (χ1n) is 23.4. The quantitative estimate of drug-likeness (QED) is 0.0246. The van der Waals surface area contributed by atoms with Crippen molar-refractivity contribution in [3.8, 4) is 5.88 Å². The molecule has 0 bridgehead atoms. The molecule has 3 aliphatic rings. The van der Waals surface area contributed by atoms with Crippen LogP contribution < -0.4 is 51.6 Å². The number of aromatic amines is 1. The highest BCUT2D eigenvalue weighted by Crippen LogP contribution is 2.63. The first kappa shape index (κ1) is 60.1. The Kier molecular flexibility index (Phi) is 16.5. The maximum Gasteiger partial charge on any atom is 0.309 e. The van der Waals surface area contributed by atoms with Crippen LogP contribution in [0.3, 0.4) is 0 Å². The molecule has 7 aromatic rings. The Morgan fingerprint density at radius 1 is 0.771 bits per heavy atom. The molecule has 10 rings (SSSR count). The summed E-state index contributed by atoms with van der Waals surface area (Å²) in [5, 5.41) is 58.6. The van der Waals surface area contributed by atoms with Crippen LogP contribution in [0.1, 0.15) is 24.2 Å². The molecule has 0 amide bonds. The van der Waals surface area contributed by atoms with Gasteiger partial charge in [-0.05, 0) is 17.7 Å². The molecule has 83 heavy (non-hydrogen) atoms. The molecule has 0 spiro atoms. The molecule has 0 saturated carbocycles. The summed E-state index contributed by atoms with van der Waals surface area (Å²) in [4.78, 5) is 95.0. The fourth-order valence-corrected chi connectivity index (χ4v) is 13.4. The maximum absolute atomic E-state index is 14.0. The fourth-order valence-electron chi connectivity index (χ4n) is 8.97. The highest BCUT2D eigenvalue weighted by molar-refractivity contribution is 7.65. The molecule has 0 aliphatic carbocycles. The number of nitrogen functional groups attached to an aromatic ring is 2. The third-order valence-corrected chi connectivity index (χ3v) is 17.7. The average molecular weight is 1250 g/mol. The van der Waals surface area contributed by atoms with Crippen LogP contribution in [0.5, 0.6) is 5.88 Å². The van der Waals surface area contributed by atoms with Crippen molar-refractivity contribution in [2.75, 3.05) is 37.1 Å². The zero-order valence-corrected chi connectivity index (χ0v) is 45.2. The highest BCUT2D eigenvalue weighted by Gasteiger charge is 2.52. The van der Waals surface area contributed by atoms with Gasteiger partial charge in [-0.3, -0.25) is 46.3 Å². The second-order valence-electron chi connectivity index (χ2n) is 18.0. The van der Waals surface area contributed by atoms with E-state index in [1.807, 2.05) is 0 Å². The Morgan fingerprint density at radius 3 is 2.13 bits per heavy atom. The van der Waals surface area contributed by atoms with Gasteiger partial charge in [-0.15, -0.1) is 0 Å². The standard InChI is InChI=1S/C38H45F2N15O24P4/c1-52-12-55(30-20(52)32(61)51-38(42)49-30)34-22(57)21(56)16(73-34)7-71-80(62,63)78-83(68,69)79-81(64,65)72-8-17-25(76-82(66,67)77-36-24(59)23(58)33(75-36)54-11-47-19-29(54)48-37(41)50-31(19)60)26(70-2)35(74-17)53-10-46-18-27(44-9-45-28(18)53)43-6-13-3-4-14(39)15(40)5-13/h3-5,9-12,16-17,21-26,33-36,56-59H,6-8H2,1-2H3,(H10-,41,42,43,44,45,48,49,50,51,60,61,62,63,64,65,66,67,68,69)/p-4/t16-,17-,21?,22?,23?,24-,25+,26?,33-,34-,35-,36-/m1/s1. The number of nitrogens with two attached hydrogens (primary N) is 2. The number of imidazole rings is 3. The highest BCUT2D eigenvalue weighted by atomic mass is 31.3. The van der Waals surface area contributed by atoms with Crippen LogP contribution in [0, 0.1) is 11.6 Å². The van der Waals surface area contributed by atoms with Gasteiger partial charge in [0.1, 0.15) is 55.2 Å². The van der Waals surface area contributed by atoms with E-state index in [0.29, 0.717) is 0 Å². The van der Waals surface area contributed by atoms with Gasteiger partial charge < -0.3 is 94.4 Å². The molecule has 3 aliphatic heterocycles. The van der Waals surface area contributed by atoms with Crippen LogP contribution in [0.25, 0.3) is 33.5 Å². The number of anilines is 3. The molecular formula is C38H41F2N15O24P4-4.